The van der Waals surface area contributed by atoms with Crippen LogP contribution in [0.15, 0.2) is 20.0 Å². The Labute approximate surface area is 111 Å². The molecule has 1 atom stereocenters. The van der Waals surface area contributed by atoms with E-state index in [0.717, 1.165) is 5.92 Å². The monoisotopic (exact) mass is 371 g/mol. The second-order valence-corrected chi connectivity index (χ2v) is 4.39. The molecule has 0 aromatic heterocycles. The minimum atomic E-state index is 0. The third kappa shape index (κ3) is 2.65. The Morgan fingerprint density at radius 2 is 1.42 bits per heavy atom. The van der Waals surface area contributed by atoms with Gasteiger partial charge in [-0.3, -0.25) is 0 Å². The van der Waals surface area contributed by atoms with Crippen molar-refractivity contribution in [1.29, 1.82) is 0 Å². The van der Waals surface area contributed by atoms with Crippen LogP contribution < -0.4 is 0 Å². The average molecular weight is 374 g/mol. The number of hydrogen-bond acceptors (Lipinski definition) is 0. The molecule has 0 amide bonds. The molecule has 0 bridgehead atoms. The number of rotatable bonds is 0. The second kappa shape index (κ2) is 5.93. The molecule has 0 aromatic rings. The molecule has 69 valence electrons. The van der Waals surface area contributed by atoms with Crippen molar-refractivity contribution in [2.75, 3.05) is 0 Å². The van der Waals surface area contributed by atoms with Gasteiger partial charge in [-0.1, -0.05) is 0 Å². The van der Waals surface area contributed by atoms with Crippen molar-refractivity contribution in [3.63, 3.8) is 0 Å². The summed E-state index contributed by atoms with van der Waals surface area (Å²) in [6.45, 7) is 9.03. The van der Waals surface area contributed by atoms with Crippen LogP contribution in [0.3, 0.4) is 0 Å². The van der Waals surface area contributed by atoms with Crippen LogP contribution in [0.4, 0.5) is 0 Å². The molecule has 0 nitrogen and oxygen atoms in total. The molecule has 0 N–H and O–H groups in total. The Kier molecular flexibility index (Phi) is 7.80. The standard InChI is InChI=1S/C9H13.2BrH.Zr/c1-6-5-7(2)9(4)8(6)3;;;/h6H,1-4H3;2*1H;. The fourth-order valence-corrected chi connectivity index (χ4v) is 2.36. The van der Waals surface area contributed by atoms with Crippen molar-refractivity contribution >= 4 is 34.0 Å². The first-order valence-corrected chi connectivity index (χ1v) is 4.88. The summed E-state index contributed by atoms with van der Waals surface area (Å²) in [5.41, 5.74) is 4.65. The zero-order chi connectivity index (χ0) is 7.89. The third-order valence-electron chi connectivity index (χ3n) is 2.64. The Morgan fingerprint density at radius 3 is 1.50 bits per heavy atom. The molecule has 1 unspecified atom stereocenters. The quantitative estimate of drug-likeness (QED) is 0.603. The number of halogens is 2. The average Bonchev–Trinajstić information content (AvgIpc) is 2.07. The van der Waals surface area contributed by atoms with Crippen LogP contribution in [-0.2, 0) is 24.7 Å². The molecule has 0 radical (unpaired) electrons. The molecule has 3 heteroatoms. The summed E-state index contributed by atoms with van der Waals surface area (Å²) in [5, 5.41) is 0. The van der Waals surface area contributed by atoms with E-state index in [2.05, 4.69) is 27.7 Å². The molecule has 12 heavy (non-hydrogen) atoms. The van der Waals surface area contributed by atoms with E-state index in [1.165, 1.54) is 5.57 Å². The summed E-state index contributed by atoms with van der Waals surface area (Å²) in [7, 11) is 0. The molecule has 0 aliphatic heterocycles. The predicted molar refractivity (Wildman–Crippen MR) is 60.9 cm³/mol. The summed E-state index contributed by atoms with van der Waals surface area (Å²) >= 11 is 1.59. The third-order valence-corrected chi connectivity index (χ3v) is 4.63. The van der Waals surface area contributed by atoms with Crippen LogP contribution in [0.2, 0.25) is 0 Å². The molecule has 0 saturated carbocycles. The Balaban J connectivity index is 0. The molecule has 1 aliphatic carbocycles. The molecule has 0 spiro atoms. The van der Waals surface area contributed by atoms with E-state index in [9.17, 15) is 0 Å². The SMILES string of the molecule is Br.Br.CC1=C(C)C(C)[C]([Zr])=C1C. The molecule has 0 heterocycles. The first kappa shape index (κ1) is 15.8. The van der Waals surface area contributed by atoms with Crippen LogP contribution in [0.25, 0.3) is 0 Å². The summed E-state index contributed by atoms with van der Waals surface area (Å²) in [4.78, 5) is 0. The summed E-state index contributed by atoms with van der Waals surface area (Å²) in [6, 6.07) is 0. The van der Waals surface area contributed by atoms with E-state index >= 15 is 0 Å². The summed E-state index contributed by atoms with van der Waals surface area (Å²) in [5.74, 6) is 0.734. The van der Waals surface area contributed by atoms with Gasteiger partial charge in [0.15, 0.2) is 0 Å². The number of allylic oxidation sites excluding steroid dienone is 4. The van der Waals surface area contributed by atoms with Crippen molar-refractivity contribution in [2.45, 2.75) is 27.7 Å². The van der Waals surface area contributed by atoms with Crippen molar-refractivity contribution < 1.29 is 24.7 Å². The van der Waals surface area contributed by atoms with Gasteiger partial charge in [0, 0.05) is 0 Å². The first-order valence-electron chi connectivity index (χ1n) is 3.65. The van der Waals surface area contributed by atoms with E-state index in [-0.39, 0.29) is 34.0 Å². The fraction of sp³-hybridized carbons (Fsp3) is 0.556. The van der Waals surface area contributed by atoms with Crippen molar-refractivity contribution in [3.05, 3.63) is 20.0 Å². The van der Waals surface area contributed by atoms with Gasteiger partial charge in [0.25, 0.3) is 0 Å². The van der Waals surface area contributed by atoms with Crippen LogP contribution in [0, 0.1) is 5.92 Å². The Hall–Kier alpha value is 1.32. The van der Waals surface area contributed by atoms with Gasteiger partial charge in [-0.25, -0.2) is 0 Å². The van der Waals surface area contributed by atoms with Crippen molar-refractivity contribution in [1.82, 2.24) is 0 Å². The molecular weight excluding hydrogens is 359 g/mol. The van der Waals surface area contributed by atoms with Crippen LogP contribution >= 0.6 is 34.0 Å². The molecule has 0 saturated heterocycles. The van der Waals surface area contributed by atoms with E-state index in [4.69, 9.17) is 0 Å². The van der Waals surface area contributed by atoms with Gasteiger partial charge in [-0.05, 0) is 0 Å². The summed E-state index contributed by atoms with van der Waals surface area (Å²) < 4.78 is 1.64. The van der Waals surface area contributed by atoms with Crippen LogP contribution in [-0.4, -0.2) is 0 Å². The van der Waals surface area contributed by atoms with Crippen molar-refractivity contribution in [2.24, 2.45) is 5.92 Å². The predicted octanol–water partition coefficient (Wildman–Crippen LogP) is 3.95. The zero-order valence-electron chi connectivity index (χ0n) is 7.89. The Morgan fingerprint density at radius 1 is 1.00 bits per heavy atom. The van der Waals surface area contributed by atoms with Gasteiger partial charge in [-0.2, -0.15) is 0 Å². The van der Waals surface area contributed by atoms with Gasteiger partial charge in [0.2, 0.25) is 0 Å². The van der Waals surface area contributed by atoms with Gasteiger partial charge >= 0.3 is 78.3 Å². The maximum absolute atomic E-state index is 2.30. The van der Waals surface area contributed by atoms with Gasteiger partial charge in [0.05, 0.1) is 0 Å². The molecular formula is C9H15Br2Zr. The molecule has 0 fully saturated rings. The van der Waals surface area contributed by atoms with E-state index in [1.807, 2.05) is 0 Å². The van der Waals surface area contributed by atoms with E-state index < -0.39 is 0 Å². The normalized spacial score (nSPS) is 22.1. The number of hydrogen-bond donors (Lipinski definition) is 0. The van der Waals surface area contributed by atoms with E-state index in [0.29, 0.717) is 0 Å². The van der Waals surface area contributed by atoms with Gasteiger partial charge < -0.3 is 0 Å². The molecule has 1 aliphatic rings. The van der Waals surface area contributed by atoms with E-state index in [1.54, 1.807) is 39.1 Å². The topological polar surface area (TPSA) is 0 Å². The summed E-state index contributed by atoms with van der Waals surface area (Å²) in [6.07, 6.45) is 0. The minimum absolute atomic E-state index is 0. The fourth-order valence-electron chi connectivity index (χ4n) is 1.36. The molecule has 0 aromatic carbocycles. The molecule has 1 rings (SSSR count). The van der Waals surface area contributed by atoms with Crippen molar-refractivity contribution in [3.8, 4) is 0 Å². The van der Waals surface area contributed by atoms with Gasteiger partial charge in [-0.15, -0.1) is 34.0 Å². The zero-order valence-corrected chi connectivity index (χ0v) is 13.8. The second-order valence-electron chi connectivity index (χ2n) is 3.07. The Bertz CT molecular complexity index is 205. The van der Waals surface area contributed by atoms with Crippen LogP contribution in [0.5, 0.6) is 0 Å². The maximum atomic E-state index is 2.30. The first-order chi connectivity index (χ1) is 4.55. The van der Waals surface area contributed by atoms with Gasteiger partial charge in [0.1, 0.15) is 0 Å². The van der Waals surface area contributed by atoms with Crippen LogP contribution in [0.1, 0.15) is 27.7 Å².